The third-order valence-electron chi connectivity index (χ3n) is 4.94. The van der Waals surface area contributed by atoms with Gasteiger partial charge in [0.25, 0.3) is 5.56 Å². The summed E-state index contributed by atoms with van der Waals surface area (Å²) >= 11 is 0. The van der Waals surface area contributed by atoms with Crippen LogP contribution in [0.25, 0.3) is 11.4 Å². The molecule has 0 saturated heterocycles. The minimum Gasteiger partial charge on any atom is -0.478 e. The molecule has 1 aliphatic rings. The maximum Gasteiger partial charge on any atom is 0.255 e. The van der Waals surface area contributed by atoms with Gasteiger partial charge in [-0.3, -0.25) is 9.69 Å². The summed E-state index contributed by atoms with van der Waals surface area (Å²) in [5, 5.41) is 0. The summed E-state index contributed by atoms with van der Waals surface area (Å²) in [6.45, 7) is 5.88. The summed E-state index contributed by atoms with van der Waals surface area (Å²) in [6.07, 6.45) is 5.44. The van der Waals surface area contributed by atoms with Crippen LogP contribution < -0.4 is 10.3 Å². The lowest BCUT2D eigenvalue weighted by Gasteiger charge is -2.27. The first-order valence-corrected chi connectivity index (χ1v) is 8.90. The highest BCUT2D eigenvalue weighted by Crippen LogP contribution is 2.22. The molecule has 0 atom stereocenters. The van der Waals surface area contributed by atoms with Crippen LogP contribution in [0.4, 0.5) is 0 Å². The zero-order valence-electron chi connectivity index (χ0n) is 15.4. The minimum absolute atomic E-state index is 0.115. The molecule has 0 spiro atoms. The lowest BCUT2D eigenvalue weighted by Crippen LogP contribution is -2.38. The van der Waals surface area contributed by atoms with E-state index < -0.39 is 0 Å². The first kappa shape index (κ1) is 17.4. The van der Waals surface area contributed by atoms with Crippen LogP contribution in [0.2, 0.25) is 0 Å². The molecular weight excluding hydrogens is 342 g/mol. The average molecular weight is 363 g/mol. The molecule has 1 aromatic carbocycles. The second kappa shape index (κ2) is 7.28. The summed E-state index contributed by atoms with van der Waals surface area (Å²) in [6, 6.07) is 6.04. The molecule has 7 heteroatoms. The Bertz CT molecular complexity index is 1020. The molecule has 0 radical (unpaired) electrons. The lowest BCUT2D eigenvalue weighted by molar-refractivity contribution is 0.112. The number of H-pyrrole nitrogens is 1. The van der Waals surface area contributed by atoms with E-state index in [1.165, 1.54) is 11.9 Å². The first-order chi connectivity index (χ1) is 13.1. The lowest BCUT2D eigenvalue weighted by atomic mass is 10.1. The molecule has 0 saturated carbocycles. The monoisotopic (exact) mass is 363 g/mol. The number of nitrogens with zero attached hydrogens (tertiary/aromatic N) is 4. The summed E-state index contributed by atoms with van der Waals surface area (Å²) < 4.78 is 5.98. The fourth-order valence-corrected chi connectivity index (χ4v) is 3.19. The SMILES string of the molecule is Cc1cccc(OCN2CCc3nc(-c4cncnc4)[nH]c(=O)c3C2)c1C. The summed E-state index contributed by atoms with van der Waals surface area (Å²) in [7, 11) is 0. The number of fused-ring (bicyclic) bond motifs is 1. The average Bonchev–Trinajstić information content (AvgIpc) is 2.70. The van der Waals surface area contributed by atoms with Gasteiger partial charge in [-0.15, -0.1) is 0 Å². The maximum atomic E-state index is 12.6. The first-order valence-electron chi connectivity index (χ1n) is 8.90. The van der Waals surface area contributed by atoms with E-state index in [1.54, 1.807) is 12.4 Å². The Morgan fingerprint density at radius 1 is 1.22 bits per heavy atom. The van der Waals surface area contributed by atoms with E-state index in [0.717, 1.165) is 23.6 Å². The van der Waals surface area contributed by atoms with Crippen molar-refractivity contribution >= 4 is 0 Å². The van der Waals surface area contributed by atoms with Gasteiger partial charge in [-0.05, 0) is 31.0 Å². The van der Waals surface area contributed by atoms with E-state index in [4.69, 9.17) is 4.74 Å². The molecule has 138 valence electrons. The van der Waals surface area contributed by atoms with Crippen molar-refractivity contribution in [1.82, 2.24) is 24.8 Å². The van der Waals surface area contributed by atoms with Gasteiger partial charge in [-0.1, -0.05) is 12.1 Å². The smallest absolute Gasteiger partial charge is 0.255 e. The van der Waals surface area contributed by atoms with Crippen LogP contribution >= 0.6 is 0 Å². The number of aromatic amines is 1. The number of rotatable bonds is 4. The fourth-order valence-electron chi connectivity index (χ4n) is 3.19. The van der Waals surface area contributed by atoms with E-state index in [9.17, 15) is 4.79 Å². The molecule has 0 unspecified atom stereocenters. The maximum absolute atomic E-state index is 12.6. The van der Waals surface area contributed by atoms with Crippen molar-refractivity contribution in [3.63, 3.8) is 0 Å². The number of benzene rings is 1. The van der Waals surface area contributed by atoms with Gasteiger partial charge in [0.05, 0.1) is 16.8 Å². The van der Waals surface area contributed by atoms with E-state index in [2.05, 4.69) is 44.7 Å². The van der Waals surface area contributed by atoms with Crippen molar-refractivity contribution < 1.29 is 4.74 Å². The molecule has 0 aliphatic carbocycles. The molecule has 3 aromatic rings. The predicted octanol–water partition coefficient (Wildman–Crippen LogP) is 2.24. The zero-order valence-corrected chi connectivity index (χ0v) is 15.4. The largest absolute Gasteiger partial charge is 0.478 e. The molecule has 3 heterocycles. The highest BCUT2D eigenvalue weighted by atomic mass is 16.5. The van der Waals surface area contributed by atoms with Crippen LogP contribution in [0.15, 0.2) is 41.7 Å². The van der Waals surface area contributed by atoms with Gasteiger partial charge >= 0.3 is 0 Å². The Balaban J connectivity index is 1.50. The van der Waals surface area contributed by atoms with Crippen LogP contribution in [0, 0.1) is 13.8 Å². The van der Waals surface area contributed by atoms with Gasteiger partial charge in [-0.25, -0.2) is 15.0 Å². The van der Waals surface area contributed by atoms with Gasteiger partial charge < -0.3 is 9.72 Å². The molecule has 0 bridgehead atoms. The molecular formula is C20H21N5O2. The minimum atomic E-state index is -0.115. The topological polar surface area (TPSA) is 84.0 Å². The van der Waals surface area contributed by atoms with E-state index in [0.29, 0.717) is 36.6 Å². The van der Waals surface area contributed by atoms with E-state index in [1.807, 2.05) is 12.1 Å². The van der Waals surface area contributed by atoms with Gasteiger partial charge in [0, 0.05) is 31.9 Å². The number of nitrogens with one attached hydrogen (secondary N) is 1. The molecule has 7 nitrogen and oxygen atoms in total. The van der Waals surface area contributed by atoms with Crippen LogP contribution in [-0.4, -0.2) is 38.1 Å². The van der Waals surface area contributed by atoms with Crippen molar-refractivity contribution in [2.24, 2.45) is 0 Å². The van der Waals surface area contributed by atoms with Gasteiger partial charge in [0.15, 0.2) is 0 Å². The molecule has 2 aromatic heterocycles. The Morgan fingerprint density at radius 2 is 2.04 bits per heavy atom. The van der Waals surface area contributed by atoms with Crippen molar-refractivity contribution in [2.45, 2.75) is 26.8 Å². The van der Waals surface area contributed by atoms with Crippen molar-refractivity contribution in [1.29, 1.82) is 0 Å². The molecule has 0 fully saturated rings. The summed E-state index contributed by atoms with van der Waals surface area (Å²) in [5.74, 6) is 1.40. The van der Waals surface area contributed by atoms with Gasteiger partial charge in [0.1, 0.15) is 24.6 Å². The van der Waals surface area contributed by atoms with Crippen LogP contribution in [-0.2, 0) is 13.0 Å². The van der Waals surface area contributed by atoms with Crippen LogP contribution in [0.1, 0.15) is 22.4 Å². The summed E-state index contributed by atoms with van der Waals surface area (Å²) in [5.41, 5.74) is 4.47. The second-order valence-corrected chi connectivity index (χ2v) is 6.74. The third-order valence-corrected chi connectivity index (χ3v) is 4.94. The number of hydrogen-bond acceptors (Lipinski definition) is 6. The molecule has 1 N–H and O–H groups in total. The number of ether oxygens (including phenoxy) is 1. The normalized spacial score (nSPS) is 14.0. The van der Waals surface area contributed by atoms with Crippen LogP contribution in [0.3, 0.4) is 0 Å². The molecule has 27 heavy (non-hydrogen) atoms. The Kier molecular flexibility index (Phi) is 4.68. The number of aryl methyl sites for hydroxylation is 1. The standard InChI is InChI=1S/C20H21N5O2/c1-13-4-3-5-18(14(13)2)27-12-25-7-6-17-16(10-25)20(26)24-19(23-17)15-8-21-11-22-9-15/h3-5,8-9,11H,6-7,10,12H2,1-2H3,(H,23,24,26). The van der Waals surface area contributed by atoms with E-state index >= 15 is 0 Å². The van der Waals surface area contributed by atoms with Crippen molar-refractivity contribution in [3.8, 4) is 17.1 Å². The van der Waals surface area contributed by atoms with E-state index in [-0.39, 0.29) is 5.56 Å². The fraction of sp³-hybridized carbons (Fsp3) is 0.300. The quantitative estimate of drug-likeness (QED) is 0.765. The Labute approximate surface area is 157 Å². The Morgan fingerprint density at radius 3 is 2.85 bits per heavy atom. The van der Waals surface area contributed by atoms with Crippen molar-refractivity contribution in [2.75, 3.05) is 13.3 Å². The second-order valence-electron chi connectivity index (χ2n) is 6.74. The van der Waals surface area contributed by atoms with Gasteiger partial charge in [-0.2, -0.15) is 0 Å². The number of hydrogen-bond donors (Lipinski definition) is 1. The molecule has 4 rings (SSSR count). The zero-order chi connectivity index (χ0) is 18.8. The molecule has 1 aliphatic heterocycles. The number of aromatic nitrogens is 4. The Hall–Kier alpha value is -3.06. The van der Waals surface area contributed by atoms with Gasteiger partial charge in [0.2, 0.25) is 0 Å². The van der Waals surface area contributed by atoms with Crippen LogP contribution in [0.5, 0.6) is 5.75 Å². The highest BCUT2D eigenvalue weighted by molar-refractivity contribution is 5.52. The van der Waals surface area contributed by atoms with Crippen molar-refractivity contribution in [3.05, 3.63) is 69.7 Å². The summed E-state index contributed by atoms with van der Waals surface area (Å²) in [4.78, 5) is 30.1. The highest BCUT2D eigenvalue weighted by Gasteiger charge is 2.22. The predicted molar refractivity (Wildman–Crippen MR) is 101 cm³/mol. The third kappa shape index (κ3) is 3.59. The molecule has 0 amide bonds.